The van der Waals surface area contributed by atoms with E-state index in [-0.39, 0.29) is 24.2 Å². The van der Waals surface area contributed by atoms with Crippen LogP contribution >= 0.6 is 0 Å². The number of pyridine rings is 1. The van der Waals surface area contributed by atoms with Crippen LogP contribution in [0.15, 0.2) is 12.3 Å². The summed E-state index contributed by atoms with van der Waals surface area (Å²) in [6, 6.07) is 0.775. The van der Waals surface area contributed by atoms with Crippen LogP contribution < -0.4 is 5.73 Å². The van der Waals surface area contributed by atoms with Gasteiger partial charge in [0.15, 0.2) is 0 Å². The van der Waals surface area contributed by atoms with E-state index < -0.39 is 16.9 Å². The molecule has 0 fully saturated rings. The summed E-state index contributed by atoms with van der Waals surface area (Å²) in [6.45, 7) is 1.59. The fourth-order valence-electron chi connectivity index (χ4n) is 1.50. The van der Waals surface area contributed by atoms with Gasteiger partial charge < -0.3 is 10.8 Å². The lowest BCUT2D eigenvalue weighted by Gasteiger charge is -2.10. The van der Waals surface area contributed by atoms with Crippen molar-refractivity contribution in [3.8, 4) is 0 Å². The second-order valence-corrected chi connectivity index (χ2v) is 3.66. The van der Waals surface area contributed by atoms with Crippen LogP contribution in [0.25, 0.3) is 0 Å². The van der Waals surface area contributed by atoms with Crippen molar-refractivity contribution in [3.05, 3.63) is 33.6 Å². The van der Waals surface area contributed by atoms with Gasteiger partial charge in [0, 0.05) is 18.2 Å². The maximum absolute atomic E-state index is 10.9. The minimum Gasteiger partial charge on any atom is -0.481 e. The van der Waals surface area contributed by atoms with Crippen LogP contribution in [0.2, 0.25) is 0 Å². The Morgan fingerprint density at radius 3 is 2.88 bits per heavy atom. The second kappa shape index (κ2) is 5.35. The largest absolute Gasteiger partial charge is 0.481 e. The SMILES string of the molecule is Cc1ccnc([C@H](N)CCC(=O)O)c1[N+](=O)[O-]. The number of hydrogen-bond donors (Lipinski definition) is 2. The van der Waals surface area contributed by atoms with Gasteiger partial charge in [-0.1, -0.05) is 0 Å². The van der Waals surface area contributed by atoms with Gasteiger partial charge in [-0.25, -0.2) is 0 Å². The maximum atomic E-state index is 10.9. The third kappa shape index (κ3) is 3.22. The minimum atomic E-state index is -0.990. The number of nitrogens with two attached hydrogens (primary N) is 1. The topological polar surface area (TPSA) is 119 Å². The van der Waals surface area contributed by atoms with E-state index in [0.717, 1.165) is 0 Å². The molecule has 0 bridgehead atoms. The molecule has 0 aromatic carbocycles. The van der Waals surface area contributed by atoms with Crippen LogP contribution in [0.4, 0.5) is 5.69 Å². The van der Waals surface area contributed by atoms with Crippen molar-refractivity contribution >= 4 is 11.7 Å². The Labute approximate surface area is 97.4 Å². The summed E-state index contributed by atoms with van der Waals surface area (Å²) in [5.41, 5.74) is 6.19. The number of nitrogens with zero attached hydrogens (tertiary/aromatic N) is 2. The van der Waals surface area contributed by atoms with Crippen molar-refractivity contribution in [2.45, 2.75) is 25.8 Å². The molecule has 17 heavy (non-hydrogen) atoms. The highest BCUT2D eigenvalue weighted by Crippen LogP contribution is 2.27. The monoisotopic (exact) mass is 239 g/mol. The number of hydrogen-bond acceptors (Lipinski definition) is 5. The van der Waals surface area contributed by atoms with Crippen LogP contribution in [-0.2, 0) is 4.79 Å². The smallest absolute Gasteiger partial charge is 0.303 e. The lowest BCUT2D eigenvalue weighted by atomic mass is 10.0. The van der Waals surface area contributed by atoms with Crippen LogP contribution in [0.1, 0.15) is 30.1 Å². The zero-order valence-corrected chi connectivity index (χ0v) is 9.29. The summed E-state index contributed by atoms with van der Waals surface area (Å²) in [7, 11) is 0. The summed E-state index contributed by atoms with van der Waals surface area (Å²) in [5, 5.41) is 19.4. The number of rotatable bonds is 5. The van der Waals surface area contributed by atoms with E-state index in [4.69, 9.17) is 10.8 Å². The number of aliphatic carboxylic acids is 1. The molecule has 0 saturated heterocycles. The van der Waals surface area contributed by atoms with Crippen LogP contribution in [-0.4, -0.2) is 21.0 Å². The summed E-state index contributed by atoms with van der Waals surface area (Å²) in [4.78, 5) is 24.6. The van der Waals surface area contributed by atoms with Crippen molar-refractivity contribution < 1.29 is 14.8 Å². The molecular formula is C10H13N3O4. The molecule has 0 radical (unpaired) electrons. The van der Waals surface area contributed by atoms with Crippen molar-refractivity contribution in [1.29, 1.82) is 0 Å². The number of nitro groups is 1. The Balaban J connectivity index is 3.00. The first-order valence-corrected chi connectivity index (χ1v) is 5.00. The third-order valence-corrected chi connectivity index (χ3v) is 2.36. The Morgan fingerprint density at radius 1 is 1.71 bits per heavy atom. The molecule has 1 aromatic rings. The molecule has 0 unspecified atom stereocenters. The lowest BCUT2D eigenvalue weighted by Crippen LogP contribution is -2.16. The molecule has 3 N–H and O–H groups in total. The average Bonchev–Trinajstić information content (AvgIpc) is 2.24. The molecule has 1 atom stereocenters. The Hall–Kier alpha value is -2.02. The van der Waals surface area contributed by atoms with Gasteiger partial charge in [-0.3, -0.25) is 19.9 Å². The van der Waals surface area contributed by atoms with Crippen molar-refractivity contribution in [1.82, 2.24) is 4.98 Å². The van der Waals surface area contributed by atoms with Crippen LogP contribution in [0, 0.1) is 17.0 Å². The van der Waals surface area contributed by atoms with Crippen molar-refractivity contribution in [2.24, 2.45) is 5.73 Å². The van der Waals surface area contributed by atoms with Crippen LogP contribution in [0.3, 0.4) is 0 Å². The first kappa shape index (κ1) is 13.0. The van der Waals surface area contributed by atoms with Gasteiger partial charge in [-0.15, -0.1) is 0 Å². The second-order valence-electron chi connectivity index (χ2n) is 3.66. The zero-order chi connectivity index (χ0) is 13.0. The minimum absolute atomic E-state index is 0.118. The van der Waals surface area contributed by atoms with Crippen LogP contribution in [0.5, 0.6) is 0 Å². The molecule has 0 saturated carbocycles. The normalized spacial score (nSPS) is 12.1. The quantitative estimate of drug-likeness (QED) is 0.587. The van der Waals surface area contributed by atoms with Gasteiger partial charge in [-0.2, -0.15) is 0 Å². The maximum Gasteiger partial charge on any atom is 0.303 e. The number of aryl methyl sites for hydroxylation is 1. The molecule has 1 heterocycles. The van der Waals surface area contributed by atoms with E-state index in [9.17, 15) is 14.9 Å². The van der Waals surface area contributed by atoms with Gasteiger partial charge in [0.25, 0.3) is 5.69 Å². The fourth-order valence-corrected chi connectivity index (χ4v) is 1.50. The highest BCUT2D eigenvalue weighted by molar-refractivity contribution is 5.66. The Bertz CT molecular complexity index is 447. The fraction of sp³-hybridized carbons (Fsp3) is 0.400. The molecular weight excluding hydrogens is 226 g/mol. The number of carboxylic acids is 1. The first-order chi connectivity index (χ1) is 7.93. The van der Waals surface area contributed by atoms with E-state index >= 15 is 0 Å². The van der Waals surface area contributed by atoms with E-state index in [1.165, 1.54) is 12.3 Å². The highest BCUT2D eigenvalue weighted by atomic mass is 16.6. The zero-order valence-electron chi connectivity index (χ0n) is 9.29. The highest BCUT2D eigenvalue weighted by Gasteiger charge is 2.23. The standard InChI is InChI=1S/C10H13N3O4/c1-6-4-5-12-9(10(6)13(16)17)7(11)2-3-8(14)15/h4-5,7H,2-3,11H2,1H3,(H,14,15)/t7-/m1/s1. The summed E-state index contributed by atoms with van der Waals surface area (Å²) in [6.07, 6.45) is 1.40. The number of carboxylic acid groups (broad SMARTS) is 1. The summed E-state index contributed by atoms with van der Waals surface area (Å²) >= 11 is 0. The molecule has 92 valence electrons. The van der Waals surface area contributed by atoms with Gasteiger partial charge in [0.2, 0.25) is 0 Å². The molecule has 1 rings (SSSR count). The van der Waals surface area contributed by atoms with Crippen molar-refractivity contribution in [2.75, 3.05) is 0 Å². The van der Waals surface area contributed by atoms with Gasteiger partial charge >= 0.3 is 5.97 Å². The molecule has 0 spiro atoms. The van der Waals surface area contributed by atoms with Gasteiger partial charge in [0.05, 0.1) is 11.0 Å². The molecule has 0 amide bonds. The molecule has 0 aliphatic carbocycles. The molecule has 0 aliphatic rings. The Morgan fingerprint density at radius 2 is 2.35 bits per heavy atom. The predicted octanol–water partition coefficient (Wildman–Crippen LogP) is 1.16. The molecule has 7 heteroatoms. The lowest BCUT2D eigenvalue weighted by molar-refractivity contribution is -0.386. The molecule has 1 aromatic heterocycles. The van der Waals surface area contributed by atoms with E-state index in [1.807, 2.05) is 0 Å². The van der Waals surface area contributed by atoms with Gasteiger partial charge in [0.1, 0.15) is 5.69 Å². The summed E-state index contributed by atoms with van der Waals surface area (Å²) < 4.78 is 0. The van der Waals surface area contributed by atoms with E-state index in [2.05, 4.69) is 4.98 Å². The van der Waals surface area contributed by atoms with E-state index in [0.29, 0.717) is 5.56 Å². The number of carbonyl (C=O) groups is 1. The summed E-state index contributed by atoms with van der Waals surface area (Å²) in [5.74, 6) is -0.990. The van der Waals surface area contributed by atoms with E-state index in [1.54, 1.807) is 6.92 Å². The molecule has 7 nitrogen and oxygen atoms in total. The average molecular weight is 239 g/mol. The predicted molar refractivity (Wildman–Crippen MR) is 59.4 cm³/mol. The first-order valence-electron chi connectivity index (χ1n) is 5.00. The third-order valence-electron chi connectivity index (χ3n) is 2.36. The van der Waals surface area contributed by atoms with Gasteiger partial charge in [-0.05, 0) is 19.4 Å². The van der Waals surface area contributed by atoms with Crippen molar-refractivity contribution in [3.63, 3.8) is 0 Å². The molecule has 0 aliphatic heterocycles. The Kier molecular flexibility index (Phi) is 4.11. The number of aromatic nitrogens is 1.